The molecule has 0 aromatic rings. The Morgan fingerprint density at radius 2 is 2.23 bits per heavy atom. The van der Waals surface area contributed by atoms with Gasteiger partial charge < -0.3 is 9.90 Å². The zero-order valence-corrected chi connectivity index (χ0v) is 8.20. The third-order valence-electron chi connectivity index (χ3n) is 3.81. The average Bonchev–Trinajstić information content (AvgIpc) is 2.64. The molecule has 2 heteroatoms. The highest BCUT2D eigenvalue weighted by Gasteiger charge is 2.41. The third-order valence-corrected chi connectivity index (χ3v) is 3.81. The quantitative estimate of drug-likeness (QED) is 0.675. The smallest absolute Gasteiger partial charge is 0.151 e. The molecule has 1 N–H and O–H groups in total. The zero-order valence-electron chi connectivity index (χ0n) is 8.20. The van der Waals surface area contributed by atoms with E-state index >= 15 is 0 Å². The van der Waals surface area contributed by atoms with Gasteiger partial charge in [-0.05, 0) is 50.4 Å². The largest absolute Gasteiger partial charge is 0.383 e. The lowest BCUT2D eigenvalue weighted by molar-refractivity contribution is -0.124. The molecule has 2 rings (SSSR count). The maximum atomic E-state index is 10.6. The molecule has 0 aromatic carbocycles. The SMILES string of the molecule is C[C@](O)(C=O)C[C@H]1C[C@H]2CC[C@H]1C2. The summed E-state index contributed by atoms with van der Waals surface area (Å²) in [5.74, 6) is 2.31. The fourth-order valence-corrected chi connectivity index (χ4v) is 3.21. The molecule has 0 heterocycles. The lowest BCUT2D eigenvalue weighted by Crippen LogP contribution is -2.31. The first-order valence-corrected chi connectivity index (χ1v) is 5.29. The summed E-state index contributed by atoms with van der Waals surface area (Å²) < 4.78 is 0. The van der Waals surface area contributed by atoms with E-state index in [1.54, 1.807) is 6.92 Å². The summed E-state index contributed by atoms with van der Waals surface area (Å²) in [5, 5.41) is 9.64. The van der Waals surface area contributed by atoms with Crippen LogP contribution in [0.1, 0.15) is 39.0 Å². The fourth-order valence-electron chi connectivity index (χ4n) is 3.21. The molecule has 2 bridgehead atoms. The molecule has 2 aliphatic rings. The van der Waals surface area contributed by atoms with Gasteiger partial charge in [-0.15, -0.1) is 0 Å². The Bertz CT molecular complexity index is 210. The highest BCUT2D eigenvalue weighted by Crippen LogP contribution is 2.50. The molecule has 0 aliphatic heterocycles. The van der Waals surface area contributed by atoms with Crippen molar-refractivity contribution in [2.75, 3.05) is 0 Å². The van der Waals surface area contributed by atoms with Crippen LogP contribution in [-0.4, -0.2) is 17.0 Å². The van der Waals surface area contributed by atoms with Gasteiger partial charge in [0.2, 0.25) is 0 Å². The summed E-state index contributed by atoms with van der Waals surface area (Å²) in [6.45, 7) is 1.63. The van der Waals surface area contributed by atoms with Crippen LogP contribution in [0.4, 0.5) is 0 Å². The molecule has 0 unspecified atom stereocenters. The highest BCUT2D eigenvalue weighted by molar-refractivity contribution is 5.61. The van der Waals surface area contributed by atoms with Crippen LogP contribution in [0.25, 0.3) is 0 Å². The Hall–Kier alpha value is -0.370. The second kappa shape index (κ2) is 3.09. The van der Waals surface area contributed by atoms with Gasteiger partial charge >= 0.3 is 0 Å². The Labute approximate surface area is 79.3 Å². The Kier molecular flexibility index (Phi) is 2.18. The summed E-state index contributed by atoms with van der Waals surface area (Å²) in [6.07, 6.45) is 6.67. The summed E-state index contributed by atoms with van der Waals surface area (Å²) >= 11 is 0. The molecular weight excluding hydrogens is 164 g/mol. The predicted molar refractivity (Wildman–Crippen MR) is 50.2 cm³/mol. The van der Waals surface area contributed by atoms with E-state index in [-0.39, 0.29) is 0 Å². The van der Waals surface area contributed by atoms with Crippen molar-refractivity contribution < 1.29 is 9.90 Å². The van der Waals surface area contributed by atoms with Crippen LogP contribution in [0.15, 0.2) is 0 Å². The molecule has 0 saturated heterocycles. The normalized spacial score (nSPS) is 41.8. The van der Waals surface area contributed by atoms with Gasteiger partial charge in [-0.1, -0.05) is 6.42 Å². The van der Waals surface area contributed by atoms with Crippen molar-refractivity contribution >= 4 is 6.29 Å². The first-order valence-electron chi connectivity index (χ1n) is 5.29. The number of aldehydes is 1. The van der Waals surface area contributed by atoms with Crippen LogP contribution in [-0.2, 0) is 4.79 Å². The van der Waals surface area contributed by atoms with Crippen LogP contribution in [0.2, 0.25) is 0 Å². The third kappa shape index (κ3) is 1.78. The van der Waals surface area contributed by atoms with E-state index in [4.69, 9.17) is 0 Å². The molecule has 4 atom stereocenters. The predicted octanol–water partition coefficient (Wildman–Crippen LogP) is 1.76. The molecule has 2 nitrogen and oxygen atoms in total. The van der Waals surface area contributed by atoms with E-state index in [0.717, 1.165) is 11.8 Å². The van der Waals surface area contributed by atoms with Gasteiger partial charge in [0.05, 0.1) is 0 Å². The van der Waals surface area contributed by atoms with Crippen molar-refractivity contribution in [3.8, 4) is 0 Å². The van der Waals surface area contributed by atoms with E-state index in [1.807, 2.05) is 0 Å². The molecular formula is C11H18O2. The molecule has 2 aliphatic carbocycles. The minimum atomic E-state index is -1.07. The van der Waals surface area contributed by atoms with Gasteiger partial charge in [-0.3, -0.25) is 0 Å². The van der Waals surface area contributed by atoms with E-state index < -0.39 is 5.60 Å². The average molecular weight is 182 g/mol. The minimum absolute atomic E-state index is 0.610. The molecule has 0 spiro atoms. The number of aliphatic hydroxyl groups is 1. The minimum Gasteiger partial charge on any atom is -0.383 e. The van der Waals surface area contributed by atoms with E-state index in [9.17, 15) is 9.90 Å². The van der Waals surface area contributed by atoms with E-state index in [0.29, 0.717) is 18.6 Å². The molecule has 2 fully saturated rings. The first kappa shape index (κ1) is 9.20. The lowest BCUT2D eigenvalue weighted by Gasteiger charge is -2.26. The number of fused-ring (bicyclic) bond motifs is 2. The first-order chi connectivity index (χ1) is 6.11. The Balaban J connectivity index is 1.93. The molecule has 0 radical (unpaired) electrons. The maximum Gasteiger partial charge on any atom is 0.151 e. The van der Waals surface area contributed by atoms with Crippen molar-refractivity contribution in [3.63, 3.8) is 0 Å². The second-order valence-electron chi connectivity index (χ2n) is 5.11. The van der Waals surface area contributed by atoms with E-state index in [1.165, 1.54) is 25.7 Å². The summed E-state index contributed by atoms with van der Waals surface area (Å²) in [4.78, 5) is 10.6. The maximum absolute atomic E-state index is 10.6. The van der Waals surface area contributed by atoms with Crippen molar-refractivity contribution in [1.29, 1.82) is 0 Å². The van der Waals surface area contributed by atoms with Crippen LogP contribution in [0.3, 0.4) is 0 Å². The van der Waals surface area contributed by atoms with Crippen LogP contribution in [0, 0.1) is 17.8 Å². The molecule has 74 valence electrons. The number of carbonyl (C=O) groups excluding carboxylic acids is 1. The standard InChI is InChI=1S/C11H18O2/c1-11(13,7-12)6-10-5-8-2-3-9(10)4-8/h7-10,13H,2-6H2,1H3/t8-,9-,10+,11+/m0/s1. The number of carbonyl (C=O) groups is 1. The molecule has 0 amide bonds. The van der Waals surface area contributed by atoms with Gasteiger partial charge in [-0.2, -0.15) is 0 Å². The molecule has 13 heavy (non-hydrogen) atoms. The van der Waals surface area contributed by atoms with Crippen molar-refractivity contribution in [2.24, 2.45) is 17.8 Å². The van der Waals surface area contributed by atoms with Gasteiger partial charge in [0.1, 0.15) is 5.60 Å². The molecule has 0 aromatic heterocycles. The Morgan fingerprint density at radius 3 is 2.69 bits per heavy atom. The van der Waals surface area contributed by atoms with Crippen LogP contribution < -0.4 is 0 Å². The van der Waals surface area contributed by atoms with Gasteiger partial charge in [0.25, 0.3) is 0 Å². The second-order valence-corrected chi connectivity index (χ2v) is 5.11. The van der Waals surface area contributed by atoms with Gasteiger partial charge in [0, 0.05) is 0 Å². The van der Waals surface area contributed by atoms with Crippen LogP contribution in [0.5, 0.6) is 0 Å². The Morgan fingerprint density at radius 1 is 1.46 bits per heavy atom. The molecule has 2 saturated carbocycles. The summed E-state index contributed by atoms with van der Waals surface area (Å²) in [6, 6.07) is 0. The zero-order chi connectivity index (χ0) is 9.47. The number of hydrogen-bond donors (Lipinski definition) is 1. The highest BCUT2D eigenvalue weighted by atomic mass is 16.3. The van der Waals surface area contributed by atoms with Gasteiger partial charge in [0.15, 0.2) is 6.29 Å². The van der Waals surface area contributed by atoms with Crippen LogP contribution >= 0.6 is 0 Å². The topological polar surface area (TPSA) is 37.3 Å². The van der Waals surface area contributed by atoms with E-state index in [2.05, 4.69) is 0 Å². The number of rotatable bonds is 3. The van der Waals surface area contributed by atoms with Crippen molar-refractivity contribution in [3.05, 3.63) is 0 Å². The lowest BCUT2D eigenvalue weighted by atomic mass is 9.81. The van der Waals surface area contributed by atoms with Crippen molar-refractivity contribution in [1.82, 2.24) is 0 Å². The summed E-state index contributed by atoms with van der Waals surface area (Å²) in [5.41, 5.74) is -1.07. The monoisotopic (exact) mass is 182 g/mol. The summed E-state index contributed by atoms with van der Waals surface area (Å²) in [7, 11) is 0. The fraction of sp³-hybridized carbons (Fsp3) is 0.909. The number of hydrogen-bond acceptors (Lipinski definition) is 2. The van der Waals surface area contributed by atoms with Gasteiger partial charge in [-0.25, -0.2) is 0 Å². The van der Waals surface area contributed by atoms with Crippen molar-refractivity contribution in [2.45, 2.75) is 44.6 Å².